The van der Waals surface area contributed by atoms with Crippen molar-refractivity contribution in [2.75, 3.05) is 18.9 Å². The summed E-state index contributed by atoms with van der Waals surface area (Å²) in [5.41, 5.74) is 0.849. The lowest BCUT2D eigenvalue weighted by Crippen LogP contribution is -2.22. The largest absolute Gasteiger partial charge is 0.493 e. The highest BCUT2D eigenvalue weighted by molar-refractivity contribution is 7.92. The summed E-state index contributed by atoms with van der Waals surface area (Å²) in [6.07, 6.45) is 0. The molecule has 0 amide bonds. The molecule has 170 valence electrons. The molecule has 1 N–H and O–H groups in total. The number of ether oxygens (including phenoxy) is 2. The lowest BCUT2D eigenvalue weighted by atomic mass is 10.2. The Morgan fingerprint density at radius 3 is 2.42 bits per heavy atom. The summed E-state index contributed by atoms with van der Waals surface area (Å²) in [5.74, 6) is 1.12. The normalized spacial score (nSPS) is 11.4. The molecule has 1 heterocycles. The molecule has 0 spiro atoms. The number of nitrogens with one attached hydrogen (secondary N) is 1. The molecule has 0 fully saturated rings. The number of nitrogens with zero attached hydrogens (tertiary/aromatic N) is 2. The van der Waals surface area contributed by atoms with Crippen molar-refractivity contribution in [2.45, 2.75) is 11.8 Å². The second kappa shape index (κ2) is 8.76. The Morgan fingerprint density at radius 2 is 1.70 bits per heavy atom. The molecule has 0 radical (unpaired) electrons. The topological polar surface area (TPSA) is 99.5 Å². The second-order valence-corrected chi connectivity index (χ2v) is 9.19. The minimum absolute atomic E-state index is 0.0395. The molecule has 0 saturated carbocycles. The van der Waals surface area contributed by atoms with Gasteiger partial charge in [0.25, 0.3) is 15.6 Å². The first kappa shape index (κ1) is 22.6. The van der Waals surface area contributed by atoms with Crippen LogP contribution in [0.3, 0.4) is 0 Å². The first-order valence-corrected chi connectivity index (χ1v) is 11.6. The van der Waals surface area contributed by atoms with Crippen molar-refractivity contribution in [1.29, 1.82) is 0 Å². The van der Waals surface area contributed by atoms with Gasteiger partial charge in [0.1, 0.15) is 5.82 Å². The van der Waals surface area contributed by atoms with Crippen LogP contribution in [-0.2, 0) is 10.0 Å². The van der Waals surface area contributed by atoms with Crippen molar-refractivity contribution in [1.82, 2.24) is 9.55 Å². The standard InChI is InChI=1S/C23H20ClN3O5S/c1-14-25-19-7-5-4-6-17(19)23(28)27(14)15-8-10-18(24)20(12-15)26-33(29,30)16-9-11-21(31-2)22(13-16)32-3/h4-13,26H,1-3H3. The number of methoxy groups -OCH3 is 2. The lowest BCUT2D eigenvalue weighted by molar-refractivity contribution is 0.354. The number of benzene rings is 3. The Hall–Kier alpha value is -3.56. The molecule has 0 aliphatic heterocycles. The minimum atomic E-state index is -4.02. The molecular formula is C23H20ClN3O5S. The van der Waals surface area contributed by atoms with Crippen LogP contribution in [0.25, 0.3) is 16.6 Å². The van der Waals surface area contributed by atoms with Gasteiger partial charge in [-0.1, -0.05) is 23.7 Å². The highest BCUT2D eigenvalue weighted by Gasteiger charge is 2.20. The van der Waals surface area contributed by atoms with Crippen LogP contribution >= 0.6 is 11.6 Å². The number of aryl methyl sites for hydroxylation is 1. The third-order valence-electron chi connectivity index (χ3n) is 5.06. The molecular weight excluding hydrogens is 466 g/mol. The zero-order valence-corrected chi connectivity index (χ0v) is 19.6. The third kappa shape index (κ3) is 4.24. The molecule has 0 aliphatic rings. The van der Waals surface area contributed by atoms with E-state index in [0.29, 0.717) is 28.2 Å². The molecule has 0 bridgehead atoms. The van der Waals surface area contributed by atoms with E-state index in [1.54, 1.807) is 31.2 Å². The maximum absolute atomic E-state index is 13.1. The van der Waals surface area contributed by atoms with E-state index in [0.717, 1.165) is 0 Å². The van der Waals surface area contributed by atoms with Gasteiger partial charge in [-0.2, -0.15) is 0 Å². The number of hydrogen-bond donors (Lipinski definition) is 1. The molecule has 4 rings (SSSR count). The summed E-state index contributed by atoms with van der Waals surface area (Å²) < 4.78 is 40.3. The maximum Gasteiger partial charge on any atom is 0.265 e. The van der Waals surface area contributed by atoms with Gasteiger partial charge in [-0.3, -0.25) is 14.1 Å². The Balaban J connectivity index is 1.78. The van der Waals surface area contributed by atoms with Gasteiger partial charge in [0.2, 0.25) is 0 Å². The second-order valence-electron chi connectivity index (χ2n) is 7.10. The van der Waals surface area contributed by atoms with Gasteiger partial charge in [-0.05, 0) is 49.4 Å². The van der Waals surface area contributed by atoms with E-state index in [1.807, 2.05) is 6.07 Å². The average molecular weight is 486 g/mol. The first-order valence-electron chi connectivity index (χ1n) is 9.78. The molecule has 8 nitrogen and oxygen atoms in total. The summed E-state index contributed by atoms with van der Waals surface area (Å²) in [5, 5.41) is 0.618. The quantitative estimate of drug-likeness (QED) is 0.440. The summed E-state index contributed by atoms with van der Waals surface area (Å²) in [6, 6.07) is 15.9. The number of anilines is 1. The fraction of sp³-hybridized carbons (Fsp3) is 0.130. The number of aromatic nitrogens is 2. The Bertz CT molecular complexity index is 1530. The fourth-order valence-corrected chi connectivity index (χ4v) is 4.77. The number of hydrogen-bond acceptors (Lipinski definition) is 6. The van der Waals surface area contributed by atoms with Gasteiger partial charge in [0.05, 0.1) is 46.4 Å². The number of fused-ring (bicyclic) bond motifs is 1. The number of para-hydroxylation sites is 1. The summed E-state index contributed by atoms with van der Waals surface area (Å²) in [6.45, 7) is 1.70. The molecule has 0 unspecified atom stereocenters. The highest BCUT2D eigenvalue weighted by atomic mass is 35.5. The fourth-order valence-electron chi connectivity index (χ4n) is 3.47. The third-order valence-corrected chi connectivity index (χ3v) is 6.75. The van der Waals surface area contributed by atoms with Gasteiger partial charge < -0.3 is 9.47 Å². The van der Waals surface area contributed by atoms with Crippen molar-refractivity contribution < 1.29 is 17.9 Å². The van der Waals surface area contributed by atoms with E-state index < -0.39 is 10.0 Å². The van der Waals surface area contributed by atoms with Crippen LogP contribution < -0.4 is 19.8 Å². The van der Waals surface area contributed by atoms with Crippen molar-refractivity contribution >= 4 is 38.2 Å². The monoisotopic (exact) mass is 485 g/mol. The molecule has 1 aromatic heterocycles. The van der Waals surface area contributed by atoms with Crippen LogP contribution in [0.1, 0.15) is 5.82 Å². The van der Waals surface area contributed by atoms with Crippen LogP contribution in [0, 0.1) is 6.92 Å². The molecule has 3 aromatic carbocycles. The van der Waals surface area contributed by atoms with Crippen molar-refractivity contribution in [3.63, 3.8) is 0 Å². The van der Waals surface area contributed by atoms with Crippen LogP contribution in [-0.4, -0.2) is 32.2 Å². The average Bonchev–Trinajstić information content (AvgIpc) is 2.80. The number of rotatable bonds is 6. The van der Waals surface area contributed by atoms with Gasteiger partial charge in [0, 0.05) is 6.07 Å². The van der Waals surface area contributed by atoms with Crippen molar-refractivity contribution in [2.24, 2.45) is 0 Å². The molecule has 0 saturated heterocycles. The SMILES string of the molecule is COc1ccc(S(=O)(=O)Nc2cc(-n3c(C)nc4ccccc4c3=O)ccc2Cl)cc1OC. The van der Waals surface area contributed by atoms with Crippen LogP contribution in [0.5, 0.6) is 11.5 Å². The lowest BCUT2D eigenvalue weighted by Gasteiger charge is -2.15. The van der Waals surface area contributed by atoms with Gasteiger partial charge >= 0.3 is 0 Å². The summed E-state index contributed by atoms with van der Waals surface area (Å²) in [7, 11) is -1.14. The number of sulfonamides is 1. The Kier molecular flexibility index (Phi) is 6.01. The first-order chi connectivity index (χ1) is 15.7. The molecule has 33 heavy (non-hydrogen) atoms. The van der Waals surface area contributed by atoms with E-state index in [9.17, 15) is 13.2 Å². The Labute approximate surface area is 195 Å². The summed E-state index contributed by atoms with van der Waals surface area (Å²) in [4.78, 5) is 17.6. The molecule has 10 heteroatoms. The molecule has 0 aliphatic carbocycles. The van der Waals surface area contributed by atoms with Gasteiger partial charge in [0.15, 0.2) is 11.5 Å². The zero-order chi connectivity index (χ0) is 23.8. The molecule has 4 aromatic rings. The van der Waals surface area contributed by atoms with Gasteiger partial charge in [-0.25, -0.2) is 13.4 Å². The van der Waals surface area contributed by atoms with E-state index in [1.165, 1.54) is 49.1 Å². The predicted octanol–water partition coefficient (Wildman–Crippen LogP) is 4.17. The van der Waals surface area contributed by atoms with Crippen molar-refractivity contribution in [3.05, 3.63) is 81.9 Å². The van der Waals surface area contributed by atoms with Crippen LogP contribution in [0.15, 0.2) is 70.4 Å². The summed E-state index contributed by atoms with van der Waals surface area (Å²) >= 11 is 6.28. The van der Waals surface area contributed by atoms with Crippen LogP contribution in [0.2, 0.25) is 5.02 Å². The van der Waals surface area contributed by atoms with Gasteiger partial charge in [-0.15, -0.1) is 0 Å². The van der Waals surface area contributed by atoms with E-state index in [2.05, 4.69) is 9.71 Å². The minimum Gasteiger partial charge on any atom is -0.493 e. The maximum atomic E-state index is 13.1. The van der Waals surface area contributed by atoms with E-state index >= 15 is 0 Å². The van der Waals surface area contributed by atoms with E-state index in [4.69, 9.17) is 21.1 Å². The predicted molar refractivity (Wildman–Crippen MR) is 127 cm³/mol. The molecule has 0 atom stereocenters. The van der Waals surface area contributed by atoms with E-state index in [-0.39, 0.29) is 26.9 Å². The zero-order valence-electron chi connectivity index (χ0n) is 18.0. The van der Waals surface area contributed by atoms with Crippen molar-refractivity contribution in [3.8, 4) is 17.2 Å². The highest BCUT2D eigenvalue weighted by Crippen LogP contribution is 2.32. The Morgan fingerprint density at radius 1 is 0.970 bits per heavy atom. The van der Waals surface area contributed by atoms with Crippen LogP contribution in [0.4, 0.5) is 5.69 Å². The number of halogens is 1. The smallest absolute Gasteiger partial charge is 0.265 e.